The molecule has 9 heteroatoms. The maximum atomic E-state index is 12.4. The molecule has 0 heterocycles. The van der Waals surface area contributed by atoms with Gasteiger partial charge in [-0.25, -0.2) is 4.57 Å². The van der Waals surface area contributed by atoms with Gasteiger partial charge in [0.25, 0.3) is 0 Å². The number of carbonyl (C=O) groups excluding carboxylic acids is 1. The normalized spacial score (nSPS) is 13.8. The third kappa shape index (κ3) is 34.4. The lowest BCUT2D eigenvalue weighted by atomic mass is 10.1. The van der Waals surface area contributed by atoms with E-state index < -0.39 is 13.9 Å². The first-order chi connectivity index (χ1) is 21.9. The minimum Gasteiger partial charge on any atom is -0.457 e. The van der Waals surface area contributed by atoms with Crippen molar-refractivity contribution in [3.8, 4) is 0 Å². The Balaban J connectivity index is 3.94. The van der Waals surface area contributed by atoms with E-state index in [0.717, 1.165) is 32.1 Å². The molecule has 45 heavy (non-hydrogen) atoms. The van der Waals surface area contributed by atoms with E-state index in [1.54, 1.807) is 0 Å². The highest BCUT2D eigenvalue weighted by atomic mass is 31.2. The molecule has 8 nitrogen and oxygen atoms in total. The summed E-state index contributed by atoms with van der Waals surface area (Å²) >= 11 is 0. The molecule has 0 aromatic heterocycles. The molecule has 0 saturated heterocycles. The fraction of sp³-hybridized carbons (Fsp3) is 0.917. The topological polar surface area (TPSA) is 117 Å². The number of allylic oxidation sites excluding steroid dienone is 2. The van der Waals surface area contributed by atoms with Crippen molar-refractivity contribution >= 4 is 13.8 Å². The van der Waals surface area contributed by atoms with E-state index in [2.05, 4.69) is 26.0 Å². The first-order valence-electron chi connectivity index (χ1n) is 18.7. The predicted octanol–water partition coefficient (Wildman–Crippen LogP) is 10.4. The zero-order chi connectivity index (χ0) is 33.1. The molecule has 2 atom stereocenters. The third-order valence-electron chi connectivity index (χ3n) is 7.93. The Morgan fingerprint density at radius 1 is 0.644 bits per heavy atom. The number of esters is 1. The summed E-state index contributed by atoms with van der Waals surface area (Å²) in [7, 11) is -4.26. The molecule has 2 unspecified atom stereocenters. The minimum absolute atomic E-state index is 0.0935. The molecule has 0 amide bonds. The highest BCUT2D eigenvalue weighted by Crippen LogP contribution is 2.43. The summed E-state index contributed by atoms with van der Waals surface area (Å²) in [5.74, 6) is -0.337. The molecule has 0 spiro atoms. The van der Waals surface area contributed by atoms with Crippen LogP contribution in [0.3, 0.4) is 0 Å². The molecule has 0 rings (SSSR count). The SMILES string of the molecule is CCCCCCCCC/C=C\CCCCCCCCCCOCC(COP(=O)(O)OCCN)OC(=O)CCCCCCCCC. The number of phosphoric acid groups is 1. The molecule has 268 valence electrons. The second-order valence-corrected chi connectivity index (χ2v) is 13.9. The number of hydrogen-bond acceptors (Lipinski definition) is 7. The summed E-state index contributed by atoms with van der Waals surface area (Å²) < 4.78 is 33.1. The van der Waals surface area contributed by atoms with Crippen molar-refractivity contribution in [2.45, 2.75) is 180 Å². The molecule has 0 aliphatic rings. The second-order valence-electron chi connectivity index (χ2n) is 12.4. The minimum atomic E-state index is -4.26. The first kappa shape index (κ1) is 44.2. The van der Waals surface area contributed by atoms with E-state index in [0.29, 0.717) is 13.0 Å². The van der Waals surface area contributed by atoms with Crippen molar-refractivity contribution in [3.63, 3.8) is 0 Å². The van der Waals surface area contributed by atoms with Gasteiger partial charge in [0.15, 0.2) is 0 Å². The maximum absolute atomic E-state index is 12.4. The fourth-order valence-corrected chi connectivity index (χ4v) is 5.93. The lowest BCUT2D eigenvalue weighted by Crippen LogP contribution is -2.28. The molecular formula is C36H72NO7P. The Kier molecular flexibility index (Phi) is 34.0. The van der Waals surface area contributed by atoms with Crippen LogP contribution in [0.2, 0.25) is 0 Å². The standard InChI is InChI=1S/C36H72NO7P/c1-3-5-7-9-11-12-13-14-15-16-17-18-19-20-21-22-24-26-28-31-41-33-35(34-43-45(39,40)42-32-30-37)44-36(38)29-27-25-23-10-8-6-4-2/h15-16,35H,3-14,17-34,37H2,1-2H3,(H,39,40)/b16-15-. The average Bonchev–Trinajstić information content (AvgIpc) is 3.02. The van der Waals surface area contributed by atoms with Crippen molar-refractivity contribution < 1.29 is 32.8 Å². The average molecular weight is 662 g/mol. The molecular weight excluding hydrogens is 589 g/mol. The fourth-order valence-electron chi connectivity index (χ4n) is 5.17. The van der Waals surface area contributed by atoms with Gasteiger partial charge in [0, 0.05) is 19.6 Å². The van der Waals surface area contributed by atoms with Gasteiger partial charge in [-0.15, -0.1) is 0 Å². The van der Waals surface area contributed by atoms with E-state index in [4.69, 9.17) is 24.3 Å². The van der Waals surface area contributed by atoms with Crippen molar-refractivity contribution in [2.24, 2.45) is 5.73 Å². The van der Waals surface area contributed by atoms with E-state index in [1.165, 1.54) is 122 Å². The van der Waals surface area contributed by atoms with Crippen molar-refractivity contribution in [1.29, 1.82) is 0 Å². The number of phosphoric ester groups is 1. The van der Waals surface area contributed by atoms with Gasteiger partial charge in [-0.3, -0.25) is 13.8 Å². The zero-order valence-electron chi connectivity index (χ0n) is 29.4. The Bertz CT molecular complexity index is 707. The van der Waals surface area contributed by atoms with Crippen LogP contribution < -0.4 is 5.73 Å². The third-order valence-corrected chi connectivity index (χ3v) is 8.92. The molecule has 0 fully saturated rings. The molecule has 0 aromatic rings. The van der Waals surface area contributed by atoms with Gasteiger partial charge < -0.3 is 20.1 Å². The Labute approximate surface area is 277 Å². The summed E-state index contributed by atoms with van der Waals surface area (Å²) in [5, 5.41) is 0. The lowest BCUT2D eigenvalue weighted by molar-refractivity contribution is -0.154. The number of hydrogen-bond donors (Lipinski definition) is 2. The van der Waals surface area contributed by atoms with Crippen LogP contribution in [0.25, 0.3) is 0 Å². The Hall–Kier alpha value is -0.760. The van der Waals surface area contributed by atoms with Gasteiger partial charge in [0.05, 0.1) is 19.8 Å². The van der Waals surface area contributed by atoms with Gasteiger partial charge in [-0.1, -0.05) is 142 Å². The van der Waals surface area contributed by atoms with Crippen LogP contribution in [0, 0.1) is 0 Å². The van der Waals surface area contributed by atoms with E-state index in [1.807, 2.05) is 0 Å². The van der Waals surface area contributed by atoms with Crippen molar-refractivity contribution in [2.75, 3.05) is 33.0 Å². The van der Waals surface area contributed by atoms with Gasteiger partial charge in [-0.05, 0) is 38.5 Å². The van der Waals surface area contributed by atoms with Crippen LogP contribution in [0.5, 0.6) is 0 Å². The number of unbranched alkanes of at least 4 members (excludes halogenated alkanes) is 21. The van der Waals surface area contributed by atoms with E-state index in [9.17, 15) is 14.3 Å². The summed E-state index contributed by atoms with van der Waals surface area (Å²) in [4.78, 5) is 22.2. The Morgan fingerprint density at radius 2 is 1.11 bits per heavy atom. The number of nitrogens with two attached hydrogens (primary N) is 1. The first-order valence-corrected chi connectivity index (χ1v) is 20.2. The quantitative estimate of drug-likeness (QED) is 0.0295. The van der Waals surface area contributed by atoms with Crippen LogP contribution in [-0.4, -0.2) is 49.9 Å². The zero-order valence-corrected chi connectivity index (χ0v) is 30.3. The van der Waals surface area contributed by atoms with E-state index in [-0.39, 0.29) is 32.3 Å². The Morgan fingerprint density at radius 3 is 1.62 bits per heavy atom. The monoisotopic (exact) mass is 662 g/mol. The lowest BCUT2D eigenvalue weighted by Gasteiger charge is -2.20. The maximum Gasteiger partial charge on any atom is 0.472 e. The smallest absolute Gasteiger partial charge is 0.457 e. The largest absolute Gasteiger partial charge is 0.472 e. The molecule has 3 N–H and O–H groups in total. The predicted molar refractivity (Wildman–Crippen MR) is 187 cm³/mol. The second kappa shape index (κ2) is 34.6. The van der Waals surface area contributed by atoms with Crippen LogP contribution in [-0.2, 0) is 27.9 Å². The molecule has 0 saturated carbocycles. The number of carbonyl (C=O) groups is 1. The highest BCUT2D eigenvalue weighted by Gasteiger charge is 2.25. The van der Waals surface area contributed by atoms with Gasteiger partial charge >= 0.3 is 13.8 Å². The van der Waals surface area contributed by atoms with Crippen molar-refractivity contribution in [3.05, 3.63) is 12.2 Å². The summed E-state index contributed by atoms with van der Waals surface area (Å²) in [6, 6.07) is 0. The van der Waals surface area contributed by atoms with Gasteiger partial charge in [0.2, 0.25) is 0 Å². The van der Waals surface area contributed by atoms with Crippen LogP contribution in [0.15, 0.2) is 12.2 Å². The molecule has 0 bridgehead atoms. The molecule has 0 aromatic carbocycles. The van der Waals surface area contributed by atoms with Gasteiger partial charge in [-0.2, -0.15) is 0 Å². The van der Waals surface area contributed by atoms with E-state index >= 15 is 0 Å². The highest BCUT2D eigenvalue weighted by molar-refractivity contribution is 7.47. The van der Waals surface area contributed by atoms with Crippen LogP contribution >= 0.6 is 7.82 Å². The summed E-state index contributed by atoms with van der Waals surface area (Å²) in [6.45, 7) is 4.88. The summed E-state index contributed by atoms with van der Waals surface area (Å²) in [5.41, 5.74) is 5.33. The van der Waals surface area contributed by atoms with Gasteiger partial charge in [0.1, 0.15) is 6.10 Å². The molecule has 0 aliphatic carbocycles. The number of rotatable bonds is 36. The van der Waals surface area contributed by atoms with Crippen molar-refractivity contribution in [1.82, 2.24) is 0 Å². The molecule has 0 radical (unpaired) electrons. The molecule has 0 aliphatic heterocycles. The number of ether oxygens (including phenoxy) is 2. The summed E-state index contributed by atoms with van der Waals surface area (Å²) in [6.07, 6.45) is 33.9. The van der Waals surface area contributed by atoms with Crippen LogP contribution in [0.4, 0.5) is 0 Å². The van der Waals surface area contributed by atoms with Crippen LogP contribution in [0.1, 0.15) is 174 Å².